The van der Waals surface area contributed by atoms with Crippen LogP contribution in [0.1, 0.15) is 16.7 Å². The molecule has 142 valence electrons. The number of sulfonamides is 1. The normalized spacial score (nSPS) is 11.7. The van der Waals surface area contributed by atoms with Gasteiger partial charge in [0.05, 0.1) is 21.6 Å². The van der Waals surface area contributed by atoms with Crippen LogP contribution in [0.15, 0.2) is 44.8 Å². The molecule has 0 bridgehead atoms. The molecule has 0 amide bonds. The molecule has 7 nitrogen and oxygen atoms in total. The summed E-state index contributed by atoms with van der Waals surface area (Å²) in [6, 6.07) is 8.38. The van der Waals surface area contributed by atoms with Crippen LogP contribution in [0.4, 0.5) is 5.69 Å². The van der Waals surface area contributed by atoms with E-state index in [2.05, 4.69) is 4.72 Å². The SMILES string of the molecule is Cc1cc(C)c(S(=O)(=O)Nc2ccc3c(c2)n(C)c(=O)c(=O)n3C)c(C)c1. The Bertz CT molecular complexity index is 1280. The Kier molecular flexibility index (Phi) is 4.47. The number of aromatic nitrogens is 2. The van der Waals surface area contributed by atoms with Crippen molar-refractivity contribution in [2.24, 2.45) is 14.1 Å². The van der Waals surface area contributed by atoms with Gasteiger partial charge in [0.1, 0.15) is 0 Å². The van der Waals surface area contributed by atoms with Gasteiger partial charge in [-0.3, -0.25) is 14.3 Å². The molecule has 1 aromatic heterocycles. The van der Waals surface area contributed by atoms with Crippen molar-refractivity contribution in [2.45, 2.75) is 25.7 Å². The first kappa shape index (κ1) is 18.9. The summed E-state index contributed by atoms with van der Waals surface area (Å²) >= 11 is 0. The molecule has 0 atom stereocenters. The number of fused-ring (bicyclic) bond motifs is 1. The number of hydrogen-bond acceptors (Lipinski definition) is 4. The number of aryl methyl sites for hydroxylation is 5. The van der Waals surface area contributed by atoms with Crippen LogP contribution < -0.4 is 15.8 Å². The van der Waals surface area contributed by atoms with Gasteiger partial charge < -0.3 is 9.13 Å². The van der Waals surface area contributed by atoms with Crippen LogP contribution in [0, 0.1) is 20.8 Å². The average molecular weight is 387 g/mol. The zero-order valence-corrected chi connectivity index (χ0v) is 16.6. The van der Waals surface area contributed by atoms with Gasteiger partial charge in [-0.1, -0.05) is 17.7 Å². The summed E-state index contributed by atoms with van der Waals surface area (Å²) in [4.78, 5) is 24.2. The topological polar surface area (TPSA) is 90.2 Å². The van der Waals surface area contributed by atoms with E-state index >= 15 is 0 Å². The maximum Gasteiger partial charge on any atom is 0.316 e. The Balaban J connectivity index is 2.15. The lowest BCUT2D eigenvalue weighted by molar-refractivity contribution is 0.600. The molecule has 8 heteroatoms. The lowest BCUT2D eigenvalue weighted by atomic mass is 10.1. The van der Waals surface area contributed by atoms with E-state index in [1.165, 1.54) is 23.2 Å². The average Bonchev–Trinajstić information content (AvgIpc) is 2.56. The molecule has 0 aliphatic heterocycles. The molecule has 2 aromatic carbocycles. The van der Waals surface area contributed by atoms with Gasteiger partial charge in [0, 0.05) is 14.1 Å². The fourth-order valence-electron chi connectivity index (χ4n) is 3.44. The molecule has 3 rings (SSSR count). The molecule has 0 saturated carbocycles. The van der Waals surface area contributed by atoms with Gasteiger partial charge in [-0.2, -0.15) is 0 Å². The van der Waals surface area contributed by atoms with E-state index in [9.17, 15) is 18.0 Å². The second kappa shape index (κ2) is 6.38. The largest absolute Gasteiger partial charge is 0.316 e. The standard InChI is InChI=1S/C19H21N3O4S/c1-11-8-12(2)17(13(3)9-11)27(25,26)20-14-6-7-15-16(10-14)22(5)19(24)18(23)21(15)4/h6-10,20H,1-5H3. The lowest BCUT2D eigenvalue weighted by Crippen LogP contribution is -2.39. The molecule has 0 aliphatic rings. The van der Waals surface area contributed by atoms with Crippen molar-refractivity contribution >= 4 is 26.7 Å². The number of nitrogens with one attached hydrogen (secondary N) is 1. The maximum absolute atomic E-state index is 12.9. The minimum absolute atomic E-state index is 0.238. The minimum Gasteiger partial charge on any atom is -0.305 e. The summed E-state index contributed by atoms with van der Waals surface area (Å²) in [6.45, 7) is 5.43. The molecule has 1 heterocycles. The van der Waals surface area contributed by atoms with E-state index in [0.717, 1.165) is 5.56 Å². The Hall–Kier alpha value is -2.87. The smallest absolute Gasteiger partial charge is 0.305 e. The van der Waals surface area contributed by atoms with E-state index in [1.807, 2.05) is 19.1 Å². The highest BCUT2D eigenvalue weighted by Crippen LogP contribution is 2.25. The molecule has 27 heavy (non-hydrogen) atoms. The monoisotopic (exact) mass is 387 g/mol. The van der Waals surface area contributed by atoms with Crippen LogP contribution in [-0.2, 0) is 24.1 Å². The Morgan fingerprint density at radius 3 is 1.89 bits per heavy atom. The molecule has 0 unspecified atom stereocenters. The highest BCUT2D eigenvalue weighted by Gasteiger charge is 2.20. The van der Waals surface area contributed by atoms with Crippen molar-refractivity contribution in [3.05, 3.63) is 67.7 Å². The second-order valence-electron chi connectivity index (χ2n) is 6.77. The van der Waals surface area contributed by atoms with Crippen LogP contribution >= 0.6 is 0 Å². The molecular weight excluding hydrogens is 366 g/mol. The number of anilines is 1. The molecule has 0 fully saturated rings. The van der Waals surface area contributed by atoms with Gasteiger partial charge in [0.25, 0.3) is 10.0 Å². The van der Waals surface area contributed by atoms with Crippen LogP contribution in [0.2, 0.25) is 0 Å². The fourth-order valence-corrected chi connectivity index (χ4v) is 4.95. The third-order valence-corrected chi connectivity index (χ3v) is 6.30. The molecule has 0 spiro atoms. The first-order chi connectivity index (χ1) is 12.5. The van der Waals surface area contributed by atoms with Crippen molar-refractivity contribution < 1.29 is 8.42 Å². The summed E-state index contributed by atoms with van der Waals surface area (Å²) in [5, 5.41) is 0. The molecular formula is C19H21N3O4S. The Morgan fingerprint density at radius 2 is 1.33 bits per heavy atom. The van der Waals surface area contributed by atoms with Crippen LogP contribution in [0.5, 0.6) is 0 Å². The van der Waals surface area contributed by atoms with Gasteiger partial charge in [-0.05, 0) is 50.1 Å². The van der Waals surface area contributed by atoms with E-state index in [1.54, 1.807) is 32.0 Å². The summed E-state index contributed by atoms with van der Waals surface area (Å²) in [5.74, 6) is 0. The van der Waals surface area contributed by atoms with Crippen LogP contribution in [0.25, 0.3) is 11.0 Å². The van der Waals surface area contributed by atoms with Crippen LogP contribution in [-0.4, -0.2) is 17.6 Å². The second-order valence-corrected chi connectivity index (χ2v) is 8.38. The van der Waals surface area contributed by atoms with Crippen molar-refractivity contribution in [1.82, 2.24) is 9.13 Å². The quantitative estimate of drug-likeness (QED) is 0.696. The molecule has 0 aliphatic carbocycles. The highest BCUT2D eigenvalue weighted by atomic mass is 32.2. The summed E-state index contributed by atoms with van der Waals surface area (Å²) in [5.41, 5.74) is 2.32. The molecule has 3 aromatic rings. The molecule has 0 radical (unpaired) electrons. The van der Waals surface area contributed by atoms with Gasteiger partial charge in [-0.25, -0.2) is 8.42 Å². The highest BCUT2D eigenvalue weighted by molar-refractivity contribution is 7.92. The first-order valence-corrected chi connectivity index (χ1v) is 9.81. The summed E-state index contributed by atoms with van der Waals surface area (Å²) in [6.07, 6.45) is 0. The zero-order chi connectivity index (χ0) is 20.1. The number of rotatable bonds is 3. The van der Waals surface area contributed by atoms with Crippen molar-refractivity contribution in [1.29, 1.82) is 0 Å². The predicted octanol–water partition coefficient (Wildman–Crippen LogP) is 1.96. The number of benzene rings is 2. The van der Waals surface area contributed by atoms with E-state index in [-0.39, 0.29) is 4.90 Å². The van der Waals surface area contributed by atoms with Crippen LogP contribution in [0.3, 0.4) is 0 Å². The van der Waals surface area contributed by atoms with Crippen molar-refractivity contribution in [2.75, 3.05) is 4.72 Å². The summed E-state index contributed by atoms with van der Waals surface area (Å²) in [7, 11) is -0.814. The van der Waals surface area contributed by atoms with Gasteiger partial charge in [0.2, 0.25) is 0 Å². The number of hydrogen-bond donors (Lipinski definition) is 1. The maximum atomic E-state index is 12.9. The van der Waals surface area contributed by atoms with Crippen molar-refractivity contribution in [3.8, 4) is 0 Å². The van der Waals surface area contributed by atoms with Crippen molar-refractivity contribution in [3.63, 3.8) is 0 Å². The minimum atomic E-state index is -3.81. The van der Waals surface area contributed by atoms with E-state index < -0.39 is 21.1 Å². The Morgan fingerprint density at radius 1 is 0.815 bits per heavy atom. The molecule has 0 saturated heterocycles. The van der Waals surface area contributed by atoms with E-state index in [4.69, 9.17) is 0 Å². The lowest BCUT2D eigenvalue weighted by Gasteiger charge is -2.15. The van der Waals surface area contributed by atoms with Gasteiger partial charge >= 0.3 is 11.1 Å². The third kappa shape index (κ3) is 3.16. The van der Waals surface area contributed by atoms with E-state index in [0.29, 0.717) is 27.8 Å². The van der Waals surface area contributed by atoms with Gasteiger partial charge in [-0.15, -0.1) is 0 Å². The Labute approximate surface area is 156 Å². The zero-order valence-electron chi connectivity index (χ0n) is 15.8. The molecule has 1 N–H and O–H groups in total. The first-order valence-electron chi connectivity index (χ1n) is 8.33. The summed E-state index contributed by atoms with van der Waals surface area (Å²) < 4.78 is 30.9. The predicted molar refractivity (Wildman–Crippen MR) is 106 cm³/mol. The number of nitrogens with zero attached hydrogens (tertiary/aromatic N) is 2. The van der Waals surface area contributed by atoms with Gasteiger partial charge in [0.15, 0.2) is 0 Å². The fraction of sp³-hybridized carbons (Fsp3) is 0.263. The third-order valence-electron chi connectivity index (χ3n) is 4.62.